The fourth-order valence-corrected chi connectivity index (χ4v) is 0.836. The van der Waals surface area contributed by atoms with Gasteiger partial charge in [-0.15, -0.1) is 0 Å². The van der Waals surface area contributed by atoms with E-state index < -0.39 is 12.1 Å². The average molecular weight is 204 g/mol. The maximum Gasteiger partial charge on any atom is 0.332 e. The number of aliphatic carboxylic acids is 1. The van der Waals surface area contributed by atoms with E-state index in [1.165, 1.54) is 0 Å². The molecular formula is C8H16N2O4. The van der Waals surface area contributed by atoms with Crippen LogP contribution in [0.25, 0.3) is 0 Å². The first-order chi connectivity index (χ1) is 6.43. The second kappa shape index (κ2) is 6.33. The van der Waals surface area contributed by atoms with Crippen molar-refractivity contribution in [3.8, 4) is 0 Å². The monoisotopic (exact) mass is 204 g/mol. The van der Waals surface area contributed by atoms with Gasteiger partial charge in [0.1, 0.15) is 0 Å². The highest BCUT2D eigenvalue weighted by Crippen LogP contribution is 1.91. The summed E-state index contributed by atoms with van der Waals surface area (Å²) >= 11 is 0. The van der Waals surface area contributed by atoms with Crippen molar-refractivity contribution >= 4 is 11.9 Å². The standard InChI is InChI=1S/C8H16N2O4/c1-5(9)4-7(12)10-3-2-6(11)8(13)14/h5-6,11H,2-4,9H2,1H3,(H,10,12)(H,13,14). The topological polar surface area (TPSA) is 113 Å². The highest BCUT2D eigenvalue weighted by atomic mass is 16.4. The smallest absolute Gasteiger partial charge is 0.332 e. The molecule has 0 aliphatic rings. The first kappa shape index (κ1) is 12.9. The molecule has 6 nitrogen and oxygen atoms in total. The second-order valence-electron chi connectivity index (χ2n) is 3.17. The van der Waals surface area contributed by atoms with Gasteiger partial charge >= 0.3 is 5.97 Å². The Hall–Kier alpha value is -1.14. The Morgan fingerprint density at radius 1 is 1.50 bits per heavy atom. The normalized spacial score (nSPS) is 14.5. The molecule has 0 aromatic heterocycles. The predicted octanol–water partition coefficient (Wildman–Crippen LogP) is -1.32. The van der Waals surface area contributed by atoms with Crippen LogP contribution < -0.4 is 11.1 Å². The van der Waals surface area contributed by atoms with E-state index >= 15 is 0 Å². The summed E-state index contributed by atoms with van der Waals surface area (Å²) in [5.41, 5.74) is 5.37. The number of aliphatic hydroxyl groups excluding tert-OH is 1. The maximum absolute atomic E-state index is 11.0. The molecule has 0 aromatic rings. The number of carbonyl (C=O) groups excluding carboxylic acids is 1. The Morgan fingerprint density at radius 2 is 2.07 bits per heavy atom. The van der Waals surface area contributed by atoms with Gasteiger partial charge in [0.15, 0.2) is 6.10 Å². The fourth-order valence-electron chi connectivity index (χ4n) is 0.836. The van der Waals surface area contributed by atoms with Gasteiger partial charge in [-0.1, -0.05) is 0 Å². The van der Waals surface area contributed by atoms with Crippen molar-refractivity contribution in [1.29, 1.82) is 0 Å². The Kier molecular flexibility index (Phi) is 5.82. The molecule has 0 aliphatic carbocycles. The molecule has 2 atom stereocenters. The van der Waals surface area contributed by atoms with Crippen LogP contribution >= 0.6 is 0 Å². The molecule has 0 saturated heterocycles. The van der Waals surface area contributed by atoms with E-state index in [1.807, 2.05) is 0 Å². The van der Waals surface area contributed by atoms with Crippen LogP contribution in [0.4, 0.5) is 0 Å². The van der Waals surface area contributed by atoms with Gasteiger partial charge in [0.25, 0.3) is 0 Å². The van der Waals surface area contributed by atoms with Crippen LogP contribution in [0.15, 0.2) is 0 Å². The Bertz CT molecular complexity index is 206. The molecule has 0 spiro atoms. The minimum absolute atomic E-state index is 0.0000255. The van der Waals surface area contributed by atoms with Crippen molar-refractivity contribution in [3.05, 3.63) is 0 Å². The summed E-state index contributed by atoms with van der Waals surface area (Å²) in [6.07, 6.45) is -1.23. The summed E-state index contributed by atoms with van der Waals surface area (Å²) < 4.78 is 0. The zero-order valence-electron chi connectivity index (χ0n) is 8.06. The van der Waals surface area contributed by atoms with Crippen molar-refractivity contribution in [1.82, 2.24) is 5.32 Å². The quantitative estimate of drug-likeness (QED) is 0.428. The summed E-state index contributed by atoms with van der Waals surface area (Å²) in [5.74, 6) is -1.52. The van der Waals surface area contributed by atoms with Crippen molar-refractivity contribution in [2.45, 2.75) is 31.9 Å². The number of nitrogens with two attached hydrogens (primary N) is 1. The van der Waals surface area contributed by atoms with Crippen LogP contribution in [0.5, 0.6) is 0 Å². The molecule has 1 amide bonds. The van der Waals surface area contributed by atoms with Crippen LogP contribution in [0.1, 0.15) is 19.8 Å². The van der Waals surface area contributed by atoms with Crippen LogP contribution in [0, 0.1) is 0 Å². The number of hydrogen-bond donors (Lipinski definition) is 4. The molecule has 0 aromatic carbocycles. The molecule has 6 heteroatoms. The molecule has 0 heterocycles. The minimum atomic E-state index is -1.43. The molecular weight excluding hydrogens is 188 g/mol. The minimum Gasteiger partial charge on any atom is -0.479 e. The summed E-state index contributed by atoms with van der Waals surface area (Å²) in [4.78, 5) is 21.2. The van der Waals surface area contributed by atoms with Gasteiger partial charge in [0, 0.05) is 25.4 Å². The molecule has 0 bridgehead atoms. The van der Waals surface area contributed by atoms with Crippen LogP contribution in [0.2, 0.25) is 0 Å². The number of amides is 1. The number of rotatable bonds is 6. The summed E-state index contributed by atoms with van der Waals surface area (Å²) in [7, 11) is 0. The van der Waals surface area contributed by atoms with E-state index in [-0.39, 0.29) is 31.3 Å². The van der Waals surface area contributed by atoms with Gasteiger partial charge in [0.2, 0.25) is 5.91 Å². The van der Waals surface area contributed by atoms with Crippen LogP contribution in [-0.4, -0.2) is 40.8 Å². The predicted molar refractivity (Wildman–Crippen MR) is 49.5 cm³/mol. The van der Waals surface area contributed by atoms with Crippen molar-refractivity contribution in [2.24, 2.45) is 5.73 Å². The lowest BCUT2D eigenvalue weighted by molar-refractivity contribution is -0.147. The zero-order chi connectivity index (χ0) is 11.1. The van der Waals surface area contributed by atoms with Gasteiger partial charge in [0.05, 0.1) is 0 Å². The zero-order valence-corrected chi connectivity index (χ0v) is 8.06. The number of hydrogen-bond acceptors (Lipinski definition) is 4. The Balaban J connectivity index is 3.54. The SMILES string of the molecule is CC(N)CC(=O)NCCC(O)C(=O)O. The molecule has 5 N–H and O–H groups in total. The van der Waals surface area contributed by atoms with E-state index in [0.29, 0.717) is 0 Å². The van der Waals surface area contributed by atoms with E-state index in [0.717, 1.165) is 0 Å². The van der Waals surface area contributed by atoms with Crippen LogP contribution in [-0.2, 0) is 9.59 Å². The third-order valence-electron chi connectivity index (χ3n) is 1.53. The number of carboxylic acids is 1. The summed E-state index contributed by atoms with van der Waals surface area (Å²) in [6, 6.07) is -0.223. The number of nitrogens with one attached hydrogen (secondary N) is 1. The lowest BCUT2D eigenvalue weighted by Gasteiger charge is -2.08. The van der Waals surface area contributed by atoms with E-state index in [2.05, 4.69) is 5.32 Å². The number of aliphatic hydroxyl groups is 1. The van der Waals surface area contributed by atoms with Crippen molar-refractivity contribution < 1.29 is 19.8 Å². The molecule has 0 saturated carbocycles. The molecule has 2 unspecified atom stereocenters. The summed E-state index contributed by atoms with van der Waals surface area (Å²) in [5, 5.41) is 19.6. The Morgan fingerprint density at radius 3 is 2.50 bits per heavy atom. The molecule has 0 aliphatic heterocycles. The lowest BCUT2D eigenvalue weighted by atomic mass is 10.2. The third kappa shape index (κ3) is 6.38. The third-order valence-corrected chi connectivity index (χ3v) is 1.53. The lowest BCUT2D eigenvalue weighted by Crippen LogP contribution is -2.33. The fraction of sp³-hybridized carbons (Fsp3) is 0.750. The van der Waals surface area contributed by atoms with Crippen molar-refractivity contribution in [3.63, 3.8) is 0 Å². The molecule has 0 fully saturated rings. The van der Waals surface area contributed by atoms with E-state index in [1.54, 1.807) is 6.92 Å². The highest BCUT2D eigenvalue weighted by Gasteiger charge is 2.12. The van der Waals surface area contributed by atoms with Gasteiger partial charge < -0.3 is 21.3 Å². The van der Waals surface area contributed by atoms with E-state index in [9.17, 15) is 9.59 Å². The van der Waals surface area contributed by atoms with Gasteiger partial charge in [-0.25, -0.2) is 4.79 Å². The van der Waals surface area contributed by atoms with Crippen molar-refractivity contribution in [2.75, 3.05) is 6.54 Å². The van der Waals surface area contributed by atoms with E-state index in [4.69, 9.17) is 15.9 Å². The average Bonchev–Trinajstić information content (AvgIpc) is 2.02. The van der Waals surface area contributed by atoms with Gasteiger partial charge in [-0.05, 0) is 6.92 Å². The van der Waals surface area contributed by atoms with Crippen LogP contribution in [0.3, 0.4) is 0 Å². The second-order valence-corrected chi connectivity index (χ2v) is 3.17. The molecule has 82 valence electrons. The molecule has 0 rings (SSSR count). The highest BCUT2D eigenvalue weighted by molar-refractivity contribution is 5.76. The number of carbonyl (C=O) groups is 2. The summed E-state index contributed by atoms with van der Waals surface area (Å²) in [6.45, 7) is 1.84. The maximum atomic E-state index is 11.0. The molecule has 0 radical (unpaired) electrons. The van der Waals surface area contributed by atoms with Gasteiger partial charge in [-0.2, -0.15) is 0 Å². The van der Waals surface area contributed by atoms with Gasteiger partial charge in [-0.3, -0.25) is 4.79 Å². The largest absolute Gasteiger partial charge is 0.479 e. The Labute approximate surface area is 82.1 Å². The molecule has 14 heavy (non-hydrogen) atoms. The number of carboxylic acid groups (broad SMARTS) is 1. The first-order valence-electron chi connectivity index (χ1n) is 4.36. The first-order valence-corrected chi connectivity index (χ1v) is 4.36.